The second-order valence-electron chi connectivity index (χ2n) is 3.58. The third kappa shape index (κ3) is 2.74. The van der Waals surface area contributed by atoms with Crippen LogP contribution in [0.25, 0.3) is 0 Å². The van der Waals surface area contributed by atoms with Crippen molar-refractivity contribution < 1.29 is 4.74 Å². The van der Waals surface area contributed by atoms with Crippen molar-refractivity contribution in [2.24, 2.45) is 0 Å². The Labute approximate surface area is 118 Å². The topological polar surface area (TPSA) is 96.9 Å². The van der Waals surface area contributed by atoms with Crippen molar-refractivity contribution in [3.8, 4) is 11.9 Å². The number of nitriles is 1. The molecule has 0 bridgehead atoms. The van der Waals surface area contributed by atoms with Crippen LogP contribution < -0.4 is 15.8 Å². The molecule has 6 nitrogen and oxygen atoms in total. The molecule has 0 atom stereocenters. The Morgan fingerprint density at radius 3 is 2.84 bits per heavy atom. The number of aromatic nitrogens is 2. The number of nitrogens with zero attached hydrogens (tertiary/aromatic N) is 3. The van der Waals surface area contributed by atoms with Gasteiger partial charge in [0.2, 0.25) is 5.88 Å². The normalized spacial score (nSPS) is 9.74. The average Bonchev–Trinajstić information content (AvgIpc) is 2.43. The van der Waals surface area contributed by atoms with Gasteiger partial charge >= 0.3 is 0 Å². The SMILES string of the molecule is COc1ncnc(Nc2ccc(C#N)cc2Br)c1N. The summed E-state index contributed by atoms with van der Waals surface area (Å²) in [6, 6.07) is 7.22. The second kappa shape index (κ2) is 5.54. The minimum Gasteiger partial charge on any atom is -0.479 e. The quantitative estimate of drug-likeness (QED) is 0.901. The lowest BCUT2D eigenvalue weighted by molar-refractivity contribution is 0.399. The highest BCUT2D eigenvalue weighted by atomic mass is 79.9. The Kier molecular flexibility index (Phi) is 3.82. The highest BCUT2D eigenvalue weighted by Gasteiger charge is 2.10. The van der Waals surface area contributed by atoms with Crippen LogP contribution >= 0.6 is 15.9 Å². The van der Waals surface area contributed by atoms with Crippen LogP contribution in [-0.4, -0.2) is 17.1 Å². The minimum atomic E-state index is 0.308. The van der Waals surface area contributed by atoms with Crippen LogP contribution in [0.4, 0.5) is 17.2 Å². The number of methoxy groups -OCH3 is 1. The standard InChI is InChI=1S/C12H10BrN5O/c1-19-12-10(15)11(16-6-17-12)18-9-3-2-7(5-14)4-8(9)13/h2-4,6H,15H2,1H3,(H,16,17,18). The van der Waals surface area contributed by atoms with E-state index in [1.807, 2.05) is 0 Å². The van der Waals surface area contributed by atoms with E-state index >= 15 is 0 Å². The average molecular weight is 320 g/mol. The van der Waals surface area contributed by atoms with Gasteiger partial charge in [0.25, 0.3) is 0 Å². The third-order valence-electron chi connectivity index (χ3n) is 2.39. The predicted molar refractivity (Wildman–Crippen MR) is 75.1 cm³/mol. The highest BCUT2D eigenvalue weighted by molar-refractivity contribution is 9.10. The summed E-state index contributed by atoms with van der Waals surface area (Å²) < 4.78 is 5.76. The van der Waals surface area contributed by atoms with Gasteiger partial charge in [0.1, 0.15) is 12.0 Å². The Morgan fingerprint density at radius 2 is 2.21 bits per heavy atom. The Morgan fingerprint density at radius 1 is 1.42 bits per heavy atom. The van der Waals surface area contributed by atoms with Crippen molar-refractivity contribution in [2.45, 2.75) is 0 Å². The maximum atomic E-state index is 8.81. The molecule has 0 fully saturated rings. The number of hydrogen-bond acceptors (Lipinski definition) is 6. The first-order valence-electron chi connectivity index (χ1n) is 5.27. The zero-order valence-electron chi connectivity index (χ0n) is 10.0. The van der Waals surface area contributed by atoms with E-state index in [4.69, 9.17) is 15.7 Å². The van der Waals surface area contributed by atoms with E-state index < -0.39 is 0 Å². The van der Waals surface area contributed by atoms with Crippen molar-refractivity contribution in [1.82, 2.24) is 9.97 Å². The van der Waals surface area contributed by atoms with Crippen LogP contribution in [-0.2, 0) is 0 Å². The number of benzene rings is 1. The van der Waals surface area contributed by atoms with Crippen LogP contribution in [0.3, 0.4) is 0 Å². The lowest BCUT2D eigenvalue weighted by Gasteiger charge is -2.11. The molecule has 1 aromatic carbocycles. The van der Waals surface area contributed by atoms with Gasteiger partial charge in [0.15, 0.2) is 5.82 Å². The van der Waals surface area contributed by atoms with Gasteiger partial charge in [-0.3, -0.25) is 0 Å². The summed E-state index contributed by atoms with van der Waals surface area (Å²) in [7, 11) is 1.49. The summed E-state index contributed by atoms with van der Waals surface area (Å²) in [6.45, 7) is 0. The molecule has 0 radical (unpaired) electrons. The fourth-order valence-corrected chi connectivity index (χ4v) is 1.93. The summed E-state index contributed by atoms with van der Waals surface area (Å²) in [5.41, 5.74) is 7.49. The minimum absolute atomic E-state index is 0.308. The number of nitrogens with two attached hydrogens (primary N) is 1. The molecule has 7 heteroatoms. The van der Waals surface area contributed by atoms with Gasteiger partial charge in [-0.05, 0) is 34.1 Å². The molecule has 2 aromatic rings. The van der Waals surface area contributed by atoms with Crippen LogP contribution in [0.2, 0.25) is 0 Å². The fourth-order valence-electron chi connectivity index (χ4n) is 1.46. The van der Waals surface area contributed by atoms with Gasteiger partial charge in [-0.25, -0.2) is 4.98 Å². The Balaban J connectivity index is 2.34. The number of hydrogen-bond donors (Lipinski definition) is 2. The zero-order chi connectivity index (χ0) is 13.8. The van der Waals surface area contributed by atoms with E-state index in [1.54, 1.807) is 18.2 Å². The molecular weight excluding hydrogens is 310 g/mol. The summed E-state index contributed by atoms with van der Waals surface area (Å²) in [5.74, 6) is 0.750. The van der Waals surface area contributed by atoms with E-state index in [1.165, 1.54) is 13.4 Å². The number of ether oxygens (including phenoxy) is 1. The van der Waals surface area contributed by atoms with Crippen LogP contribution in [0, 0.1) is 11.3 Å². The lowest BCUT2D eigenvalue weighted by Crippen LogP contribution is -2.03. The summed E-state index contributed by atoms with van der Waals surface area (Å²) in [5, 5.41) is 11.9. The molecule has 0 unspecified atom stereocenters. The van der Waals surface area contributed by atoms with Crippen molar-refractivity contribution >= 4 is 33.1 Å². The maximum Gasteiger partial charge on any atom is 0.242 e. The van der Waals surface area contributed by atoms with Crippen molar-refractivity contribution in [2.75, 3.05) is 18.2 Å². The molecule has 1 aromatic heterocycles. The largest absolute Gasteiger partial charge is 0.479 e. The number of nitrogen functional groups attached to an aromatic ring is 1. The zero-order valence-corrected chi connectivity index (χ0v) is 11.6. The molecule has 0 amide bonds. The molecule has 0 aliphatic carbocycles. The monoisotopic (exact) mass is 319 g/mol. The second-order valence-corrected chi connectivity index (χ2v) is 4.43. The highest BCUT2D eigenvalue weighted by Crippen LogP contribution is 2.30. The van der Waals surface area contributed by atoms with E-state index in [9.17, 15) is 0 Å². The first-order chi connectivity index (χ1) is 9.15. The van der Waals surface area contributed by atoms with Crippen molar-refractivity contribution in [3.05, 3.63) is 34.6 Å². The molecule has 0 saturated carbocycles. The van der Waals surface area contributed by atoms with Gasteiger partial charge in [-0.2, -0.15) is 10.2 Å². The smallest absolute Gasteiger partial charge is 0.242 e. The molecule has 19 heavy (non-hydrogen) atoms. The van der Waals surface area contributed by atoms with Crippen molar-refractivity contribution in [1.29, 1.82) is 5.26 Å². The Bertz CT molecular complexity index is 653. The van der Waals surface area contributed by atoms with E-state index in [0.29, 0.717) is 22.9 Å². The predicted octanol–water partition coefficient (Wildman–Crippen LogP) is 2.45. The van der Waals surface area contributed by atoms with Gasteiger partial charge in [0.05, 0.1) is 24.4 Å². The molecule has 0 saturated heterocycles. The molecule has 2 rings (SSSR count). The molecule has 1 heterocycles. The summed E-state index contributed by atoms with van der Waals surface area (Å²) in [6.07, 6.45) is 1.36. The van der Waals surface area contributed by atoms with Gasteiger partial charge in [0, 0.05) is 4.47 Å². The van der Waals surface area contributed by atoms with Gasteiger partial charge < -0.3 is 15.8 Å². The maximum absolute atomic E-state index is 8.81. The number of anilines is 3. The fraction of sp³-hybridized carbons (Fsp3) is 0.0833. The molecule has 0 aliphatic heterocycles. The molecule has 96 valence electrons. The Hall–Kier alpha value is -2.33. The van der Waals surface area contributed by atoms with Crippen molar-refractivity contribution in [3.63, 3.8) is 0 Å². The first kappa shape index (κ1) is 13.1. The number of halogens is 1. The van der Waals surface area contributed by atoms with Gasteiger partial charge in [-0.15, -0.1) is 0 Å². The van der Waals surface area contributed by atoms with Crippen LogP contribution in [0.5, 0.6) is 5.88 Å². The summed E-state index contributed by atoms with van der Waals surface area (Å²) >= 11 is 3.38. The third-order valence-corrected chi connectivity index (χ3v) is 3.05. The molecular formula is C12H10BrN5O. The first-order valence-corrected chi connectivity index (χ1v) is 6.06. The molecule has 0 spiro atoms. The van der Waals surface area contributed by atoms with E-state index in [-0.39, 0.29) is 0 Å². The number of rotatable bonds is 3. The summed E-state index contributed by atoms with van der Waals surface area (Å²) in [4.78, 5) is 7.95. The number of nitrogens with one attached hydrogen (secondary N) is 1. The van der Waals surface area contributed by atoms with Crippen LogP contribution in [0.1, 0.15) is 5.56 Å². The van der Waals surface area contributed by atoms with E-state index in [2.05, 4.69) is 37.3 Å². The lowest BCUT2D eigenvalue weighted by atomic mass is 10.2. The molecule has 3 N–H and O–H groups in total. The van der Waals surface area contributed by atoms with E-state index in [0.717, 1.165) is 10.2 Å². The van der Waals surface area contributed by atoms with Gasteiger partial charge in [-0.1, -0.05) is 0 Å². The molecule has 0 aliphatic rings. The van der Waals surface area contributed by atoms with Crippen LogP contribution in [0.15, 0.2) is 29.0 Å².